The number of amidine groups is 1. The lowest BCUT2D eigenvalue weighted by Gasteiger charge is -2.17. The molecule has 4 rings (SSSR count). The summed E-state index contributed by atoms with van der Waals surface area (Å²) in [6.45, 7) is 4.31. The van der Waals surface area contributed by atoms with E-state index in [1.807, 2.05) is 56.3 Å². The topological polar surface area (TPSA) is 129 Å². The summed E-state index contributed by atoms with van der Waals surface area (Å²) in [5.41, 5.74) is 9.32. The van der Waals surface area contributed by atoms with Crippen molar-refractivity contribution in [1.29, 1.82) is 0 Å². The predicted octanol–water partition coefficient (Wildman–Crippen LogP) is 5.66. The second-order valence-electron chi connectivity index (χ2n) is 9.10. The van der Waals surface area contributed by atoms with Crippen LogP contribution in [-0.2, 0) is 19.4 Å². The Morgan fingerprint density at radius 1 is 1.02 bits per heavy atom. The number of amides is 1. The molecule has 0 fully saturated rings. The molecule has 0 aliphatic rings. The SMILES string of the molecule is CCCc1nc(CC)c(Oc2cccc(OC)c2)c(=O)n1Cc1ccc(-c2ccccc2/C(N)=N/C(=O)O)cc1. The lowest BCUT2D eigenvalue weighted by atomic mass is 9.98. The van der Waals surface area contributed by atoms with E-state index in [0.717, 1.165) is 23.1 Å². The highest BCUT2D eigenvalue weighted by atomic mass is 16.5. The van der Waals surface area contributed by atoms with Gasteiger partial charge in [-0.1, -0.05) is 68.4 Å². The largest absolute Gasteiger partial charge is 0.497 e. The molecule has 9 nitrogen and oxygen atoms in total. The second kappa shape index (κ2) is 12.8. The molecule has 0 aliphatic carbocycles. The first-order chi connectivity index (χ1) is 19.3. The zero-order valence-corrected chi connectivity index (χ0v) is 22.8. The molecule has 0 aliphatic heterocycles. The van der Waals surface area contributed by atoms with Crippen molar-refractivity contribution < 1.29 is 19.4 Å². The van der Waals surface area contributed by atoms with Gasteiger partial charge in [0.25, 0.3) is 5.56 Å². The molecule has 206 valence electrons. The summed E-state index contributed by atoms with van der Waals surface area (Å²) in [6.07, 6.45) is 0.679. The van der Waals surface area contributed by atoms with E-state index < -0.39 is 6.09 Å². The number of benzene rings is 3. The van der Waals surface area contributed by atoms with E-state index in [9.17, 15) is 9.59 Å². The lowest BCUT2D eigenvalue weighted by molar-refractivity contribution is 0.205. The molecule has 1 aromatic heterocycles. The second-order valence-corrected chi connectivity index (χ2v) is 9.10. The molecule has 3 aromatic carbocycles. The van der Waals surface area contributed by atoms with Crippen molar-refractivity contribution >= 4 is 11.9 Å². The molecular weight excluding hydrogens is 508 g/mol. The number of ether oxygens (including phenoxy) is 2. The van der Waals surface area contributed by atoms with Gasteiger partial charge in [-0.15, -0.1) is 0 Å². The van der Waals surface area contributed by atoms with Gasteiger partial charge in [-0.3, -0.25) is 9.36 Å². The Balaban J connectivity index is 1.70. The molecule has 3 N–H and O–H groups in total. The number of carboxylic acid groups (broad SMARTS) is 1. The molecule has 0 saturated carbocycles. The Hall–Kier alpha value is -4.92. The van der Waals surface area contributed by atoms with Crippen LogP contribution in [0, 0.1) is 0 Å². The summed E-state index contributed by atoms with van der Waals surface area (Å²) in [5, 5.41) is 9.01. The molecule has 0 saturated heterocycles. The van der Waals surface area contributed by atoms with E-state index in [0.29, 0.717) is 48.0 Å². The van der Waals surface area contributed by atoms with Gasteiger partial charge >= 0.3 is 6.09 Å². The maximum Gasteiger partial charge on any atom is 0.433 e. The van der Waals surface area contributed by atoms with Gasteiger partial charge < -0.3 is 20.3 Å². The Morgan fingerprint density at radius 3 is 2.42 bits per heavy atom. The minimum absolute atomic E-state index is 0.0754. The number of aromatic nitrogens is 2. The highest BCUT2D eigenvalue weighted by Crippen LogP contribution is 2.27. The smallest absolute Gasteiger partial charge is 0.433 e. The number of nitrogens with zero attached hydrogens (tertiary/aromatic N) is 3. The number of carbonyl (C=O) groups is 1. The first-order valence-corrected chi connectivity index (χ1v) is 13.0. The first kappa shape index (κ1) is 28.1. The number of nitrogens with two attached hydrogens (primary N) is 1. The number of hydrogen-bond acceptors (Lipinski definition) is 5. The zero-order chi connectivity index (χ0) is 28.6. The van der Waals surface area contributed by atoms with E-state index in [-0.39, 0.29) is 17.1 Å². The summed E-state index contributed by atoms with van der Waals surface area (Å²) in [6, 6.07) is 22.0. The first-order valence-electron chi connectivity index (χ1n) is 13.0. The van der Waals surface area contributed by atoms with E-state index in [2.05, 4.69) is 4.99 Å². The molecule has 9 heteroatoms. The minimum Gasteiger partial charge on any atom is -0.497 e. The van der Waals surface area contributed by atoms with Crippen molar-refractivity contribution in [1.82, 2.24) is 9.55 Å². The van der Waals surface area contributed by atoms with Crippen LogP contribution >= 0.6 is 0 Å². The molecular formula is C31H32N4O5. The molecule has 0 unspecified atom stereocenters. The Kier molecular flexibility index (Phi) is 8.96. The number of hydrogen-bond donors (Lipinski definition) is 2. The Morgan fingerprint density at radius 2 is 1.75 bits per heavy atom. The van der Waals surface area contributed by atoms with Gasteiger partial charge in [0, 0.05) is 18.1 Å². The molecule has 0 bridgehead atoms. The number of rotatable bonds is 10. The predicted molar refractivity (Wildman–Crippen MR) is 155 cm³/mol. The van der Waals surface area contributed by atoms with E-state index in [4.69, 9.17) is 25.3 Å². The van der Waals surface area contributed by atoms with Crippen LogP contribution in [0.3, 0.4) is 0 Å². The van der Waals surface area contributed by atoms with Crippen molar-refractivity contribution in [3.05, 3.63) is 106 Å². The number of aliphatic imine (C=N–C) groups is 1. The summed E-state index contributed by atoms with van der Waals surface area (Å²) in [5.74, 6) is 1.96. The summed E-state index contributed by atoms with van der Waals surface area (Å²) < 4.78 is 13.0. The van der Waals surface area contributed by atoms with E-state index in [1.165, 1.54) is 0 Å². The molecule has 0 atom stereocenters. The quantitative estimate of drug-likeness (QED) is 0.196. The van der Waals surface area contributed by atoms with Gasteiger partial charge in [-0.25, -0.2) is 9.78 Å². The Labute approximate surface area is 232 Å². The van der Waals surface area contributed by atoms with Crippen LogP contribution in [0.4, 0.5) is 4.79 Å². The third kappa shape index (κ3) is 6.37. The van der Waals surface area contributed by atoms with E-state index in [1.54, 1.807) is 42.0 Å². The highest BCUT2D eigenvalue weighted by molar-refractivity contribution is 6.07. The highest BCUT2D eigenvalue weighted by Gasteiger charge is 2.18. The van der Waals surface area contributed by atoms with Gasteiger partial charge in [0.15, 0.2) is 0 Å². The van der Waals surface area contributed by atoms with Crippen LogP contribution in [0.1, 0.15) is 42.9 Å². The average molecular weight is 541 g/mol. The summed E-state index contributed by atoms with van der Waals surface area (Å²) >= 11 is 0. The zero-order valence-electron chi connectivity index (χ0n) is 22.8. The third-order valence-electron chi connectivity index (χ3n) is 6.37. The normalized spacial score (nSPS) is 11.3. The molecule has 1 heterocycles. The fourth-order valence-corrected chi connectivity index (χ4v) is 4.43. The molecule has 0 radical (unpaired) electrons. The van der Waals surface area contributed by atoms with Crippen molar-refractivity contribution in [3.63, 3.8) is 0 Å². The van der Waals surface area contributed by atoms with Crippen molar-refractivity contribution in [2.45, 2.75) is 39.7 Å². The molecule has 4 aromatic rings. The number of methoxy groups -OCH3 is 1. The van der Waals surface area contributed by atoms with Gasteiger partial charge in [0.05, 0.1) is 19.3 Å². The molecule has 0 spiro atoms. The van der Waals surface area contributed by atoms with E-state index >= 15 is 0 Å². The Bertz CT molecular complexity index is 1590. The van der Waals surface area contributed by atoms with Crippen LogP contribution in [0.5, 0.6) is 17.2 Å². The average Bonchev–Trinajstić information content (AvgIpc) is 2.96. The van der Waals surface area contributed by atoms with Gasteiger partial charge in [-0.05, 0) is 41.7 Å². The maximum absolute atomic E-state index is 13.8. The fraction of sp³-hybridized carbons (Fsp3) is 0.226. The van der Waals surface area contributed by atoms with Crippen molar-refractivity contribution in [3.8, 4) is 28.4 Å². The fourth-order valence-electron chi connectivity index (χ4n) is 4.43. The van der Waals surface area contributed by atoms with Gasteiger partial charge in [-0.2, -0.15) is 4.99 Å². The van der Waals surface area contributed by atoms with Crippen LogP contribution in [0.2, 0.25) is 0 Å². The van der Waals surface area contributed by atoms with Crippen LogP contribution < -0.4 is 20.8 Å². The standard InChI is InChI=1S/C31H32N4O5/c1-4-9-27-33-26(5-2)28(40-23-11-8-10-22(18-23)39-3)30(36)35(27)19-20-14-16-21(17-15-20)24-12-6-7-13-25(24)29(32)34-31(37)38/h6-8,10-18H,4-5,9,19H2,1-3H3,(H2,32,34)(H,37,38). The summed E-state index contributed by atoms with van der Waals surface area (Å²) in [7, 11) is 1.58. The molecule has 1 amide bonds. The van der Waals surface area contributed by atoms with Crippen LogP contribution in [-0.4, -0.2) is 33.7 Å². The van der Waals surface area contributed by atoms with Gasteiger partial charge in [0.1, 0.15) is 23.2 Å². The van der Waals surface area contributed by atoms with Crippen LogP contribution in [0.15, 0.2) is 82.6 Å². The maximum atomic E-state index is 13.8. The van der Waals surface area contributed by atoms with Crippen molar-refractivity contribution in [2.24, 2.45) is 10.7 Å². The molecule has 40 heavy (non-hydrogen) atoms. The lowest BCUT2D eigenvalue weighted by Crippen LogP contribution is -2.28. The van der Waals surface area contributed by atoms with Crippen molar-refractivity contribution in [2.75, 3.05) is 7.11 Å². The number of aryl methyl sites for hydroxylation is 2. The monoisotopic (exact) mass is 540 g/mol. The van der Waals surface area contributed by atoms with Crippen LogP contribution in [0.25, 0.3) is 11.1 Å². The third-order valence-corrected chi connectivity index (χ3v) is 6.37. The summed E-state index contributed by atoms with van der Waals surface area (Å²) in [4.78, 5) is 33.1. The van der Waals surface area contributed by atoms with Gasteiger partial charge in [0.2, 0.25) is 5.75 Å². The minimum atomic E-state index is -1.35.